The maximum absolute atomic E-state index is 10.4. The van der Waals surface area contributed by atoms with Gasteiger partial charge in [-0.15, -0.1) is 0 Å². The van der Waals surface area contributed by atoms with Gasteiger partial charge in [-0.3, -0.25) is 4.55 Å². The number of hydrogen-bond donors (Lipinski definition) is 1. The normalized spacial score (nSPS) is 10.7. The van der Waals surface area contributed by atoms with Crippen molar-refractivity contribution >= 4 is 39.9 Å². The van der Waals surface area contributed by atoms with Gasteiger partial charge in [-0.1, -0.05) is 68.2 Å². The summed E-state index contributed by atoms with van der Waals surface area (Å²) in [6.07, 6.45) is 8.58. The first-order chi connectivity index (χ1) is 14.2. The summed E-state index contributed by atoms with van der Waals surface area (Å²) in [6.45, 7) is 7.66. The first-order valence-electron chi connectivity index (χ1n) is 10.5. The summed E-state index contributed by atoms with van der Waals surface area (Å²) in [5, 5.41) is 0. The smallest absolute Gasteiger partial charge is 0.264 e. The Labute approximate surface area is 228 Å². The minimum Gasteiger partial charge on any atom is -0.748 e. The second-order valence-electron chi connectivity index (χ2n) is 7.22. The van der Waals surface area contributed by atoms with Gasteiger partial charge in [0.15, 0.2) is 0 Å². The first-order valence-corrected chi connectivity index (χ1v) is 17.8. The van der Waals surface area contributed by atoms with Crippen LogP contribution in [0.15, 0.2) is 0 Å². The minimum absolute atomic E-state index is 0. The largest absolute Gasteiger partial charge is 0.748 e. The summed E-state index contributed by atoms with van der Waals surface area (Å²) in [5.74, 6) is 0.347. The van der Waals surface area contributed by atoms with Gasteiger partial charge in [0.05, 0.1) is 15.9 Å². The second kappa shape index (κ2) is 28.8. The summed E-state index contributed by atoms with van der Waals surface area (Å²) < 4.78 is 99.1. The zero-order chi connectivity index (χ0) is 26.5. The topological polar surface area (TPSA) is 180 Å². The van der Waals surface area contributed by atoms with Crippen molar-refractivity contribution in [3.63, 3.8) is 0 Å². The molecule has 0 aromatic carbocycles. The summed E-state index contributed by atoms with van der Waals surface area (Å²) in [5.41, 5.74) is 0. The average Bonchev–Trinajstić information content (AvgIpc) is 2.60. The van der Waals surface area contributed by atoms with Crippen LogP contribution in [0.3, 0.4) is 0 Å². The Kier molecular flexibility index (Phi) is 42.6. The zero-order valence-corrected chi connectivity index (χ0v) is 25.1. The van der Waals surface area contributed by atoms with E-state index in [0.717, 1.165) is 38.5 Å². The number of rotatable bonds is 12. The van der Waals surface area contributed by atoms with Crippen molar-refractivity contribution in [2.75, 3.05) is 35.5 Å². The monoisotopic (exact) mass is 634 g/mol. The molecule has 0 aliphatic heterocycles. The molecule has 0 aromatic heterocycles. The Bertz CT molecular complexity index is 692. The van der Waals surface area contributed by atoms with Gasteiger partial charge >= 0.3 is 0 Å². The van der Waals surface area contributed by atoms with E-state index >= 15 is 0 Å². The third kappa shape index (κ3) is 86.9. The molecule has 0 spiro atoms. The maximum atomic E-state index is 10.4. The molecule has 0 aliphatic carbocycles. The van der Waals surface area contributed by atoms with Gasteiger partial charge in [-0.2, -0.15) is 8.42 Å². The van der Waals surface area contributed by atoms with Crippen LogP contribution >= 0.6 is 0 Å². The van der Waals surface area contributed by atoms with Crippen LogP contribution < -0.4 is 0 Å². The molecule has 0 saturated carbocycles. The van der Waals surface area contributed by atoms with Crippen molar-refractivity contribution < 1.29 is 59.8 Å². The molecule has 0 aliphatic rings. The molecule has 1 radical (unpaired) electrons. The van der Waals surface area contributed by atoms with Crippen molar-refractivity contribution in [2.24, 2.45) is 0 Å². The molecule has 223 valence electrons. The molecule has 0 rings (SSSR count). The van der Waals surface area contributed by atoms with Crippen LogP contribution in [0, 0.1) is 0 Å². The molecule has 0 atom stereocenters. The molecular weight excluding hydrogens is 583 g/mol. The van der Waals surface area contributed by atoms with Gasteiger partial charge in [0.25, 0.3) is 10.1 Å². The number of hydrogen-bond acceptors (Lipinski definition) is 9. The Morgan fingerprint density at radius 2 is 0.771 bits per heavy atom. The van der Waals surface area contributed by atoms with E-state index in [2.05, 4.69) is 0 Å². The predicted molar refractivity (Wildman–Crippen MR) is 143 cm³/mol. The van der Waals surface area contributed by atoms with Gasteiger partial charge in [-0.05, 0) is 25.7 Å². The van der Waals surface area contributed by atoms with Crippen LogP contribution in [0.2, 0.25) is 0 Å². The summed E-state index contributed by atoms with van der Waals surface area (Å²) in [7, 11) is -13.0. The summed E-state index contributed by atoms with van der Waals surface area (Å²) >= 11 is 0. The molecule has 0 bridgehead atoms. The Balaban J connectivity index is -0.0000000581. The summed E-state index contributed by atoms with van der Waals surface area (Å²) in [6, 6.07) is 0. The van der Waals surface area contributed by atoms with Gasteiger partial charge in [0, 0.05) is 46.8 Å². The molecule has 1 N–H and O–H groups in total. The van der Waals surface area contributed by atoms with Crippen LogP contribution in [0.25, 0.3) is 0 Å². The molecule has 35 heavy (non-hydrogen) atoms. The average molecular weight is 635 g/mol. The number of unbranched alkanes of at least 4 members (excludes halogenated alkanes) is 4. The Hall–Kier alpha value is 0.239. The maximum Gasteiger partial charge on any atom is 0.264 e. The molecule has 0 unspecified atom stereocenters. The fourth-order valence-corrected chi connectivity index (χ4v) is 4.38. The van der Waals surface area contributed by atoms with E-state index in [0.29, 0.717) is 24.3 Å². The van der Waals surface area contributed by atoms with E-state index in [4.69, 9.17) is 4.55 Å². The standard InChI is InChI=1S/2C5H12O2S.2C4H10O3S.2CH4.Mn/c2*1-3-4-5-8(2,6)7;2*1-2-3-4-8(5,6)7;;;/h2*3-5H2,1-2H3;2*2-4H2,1H3,(H,5,6,7);2*1H4;/p-1. The quantitative estimate of drug-likeness (QED) is 0.244. The Morgan fingerprint density at radius 3 is 0.857 bits per heavy atom. The molecule has 0 saturated heterocycles. The third-order valence-corrected chi connectivity index (χ3v) is 6.89. The molecule has 15 heteroatoms. The van der Waals surface area contributed by atoms with Crippen molar-refractivity contribution in [1.29, 1.82) is 0 Å². The SMILES string of the molecule is C.C.CCCCS(=O)(=O)O.CCCCS(=O)(=O)[O-].CCCCS(C)(=O)=O.CCCCS(C)(=O)=O.[Mn]. The minimum atomic E-state index is -3.94. The van der Waals surface area contributed by atoms with Crippen molar-refractivity contribution in [3.05, 3.63) is 0 Å². The van der Waals surface area contributed by atoms with Gasteiger partial charge in [-0.25, -0.2) is 25.3 Å². The van der Waals surface area contributed by atoms with E-state index in [1.807, 2.05) is 27.7 Å². The van der Waals surface area contributed by atoms with E-state index < -0.39 is 39.9 Å². The van der Waals surface area contributed by atoms with E-state index in [1.165, 1.54) is 12.5 Å². The van der Waals surface area contributed by atoms with E-state index in [-0.39, 0.29) is 43.4 Å². The first kappa shape index (κ1) is 51.8. The van der Waals surface area contributed by atoms with Gasteiger partial charge in [0.1, 0.15) is 19.7 Å². The fourth-order valence-electron chi connectivity index (χ4n) is 1.46. The number of sulfone groups is 2. The van der Waals surface area contributed by atoms with Crippen molar-refractivity contribution in [1.82, 2.24) is 0 Å². The van der Waals surface area contributed by atoms with Crippen LogP contribution in [-0.4, -0.2) is 78.3 Å². The second-order valence-corrected chi connectivity index (χ2v) is 14.8. The molecule has 10 nitrogen and oxygen atoms in total. The van der Waals surface area contributed by atoms with Crippen LogP contribution in [0.4, 0.5) is 0 Å². The molecular formula is C20H51MnO10S4-. The molecule has 0 heterocycles. The third-order valence-electron chi connectivity index (χ3n) is 3.24. The van der Waals surface area contributed by atoms with Crippen molar-refractivity contribution in [3.8, 4) is 0 Å². The molecule has 0 fully saturated rings. The van der Waals surface area contributed by atoms with Gasteiger partial charge < -0.3 is 4.55 Å². The van der Waals surface area contributed by atoms with E-state index in [1.54, 1.807) is 0 Å². The Morgan fingerprint density at radius 1 is 0.543 bits per heavy atom. The molecule has 0 amide bonds. The predicted octanol–water partition coefficient (Wildman–Crippen LogP) is 3.94. The van der Waals surface area contributed by atoms with Crippen LogP contribution in [-0.2, 0) is 57.0 Å². The summed E-state index contributed by atoms with van der Waals surface area (Å²) in [4.78, 5) is 0. The van der Waals surface area contributed by atoms with Crippen LogP contribution in [0.1, 0.15) is 93.9 Å². The van der Waals surface area contributed by atoms with Crippen LogP contribution in [0.5, 0.6) is 0 Å². The van der Waals surface area contributed by atoms with Crippen molar-refractivity contribution in [2.45, 2.75) is 93.9 Å². The fraction of sp³-hybridized carbons (Fsp3) is 1.00. The zero-order valence-electron chi connectivity index (χ0n) is 20.6. The van der Waals surface area contributed by atoms with Gasteiger partial charge in [0.2, 0.25) is 0 Å². The molecule has 0 aromatic rings. The van der Waals surface area contributed by atoms with E-state index in [9.17, 15) is 38.2 Å².